The summed E-state index contributed by atoms with van der Waals surface area (Å²) in [6.07, 6.45) is 1.91. The molecule has 1 aromatic heterocycles. The summed E-state index contributed by atoms with van der Waals surface area (Å²) in [5.74, 6) is 1.23. The number of hydrogen-bond donors (Lipinski definition) is 1. The first-order chi connectivity index (χ1) is 12.6. The number of halogens is 1. The lowest BCUT2D eigenvalue weighted by atomic mass is 9.93. The lowest BCUT2D eigenvalue weighted by Gasteiger charge is -2.31. The number of aromatic nitrogens is 1. The molecule has 4 rings (SSSR count). The molecule has 3 aromatic rings. The number of carbonyl (C=O) groups excluding carboxylic acids is 1. The lowest BCUT2D eigenvalue weighted by molar-refractivity contribution is 0.0712. The van der Waals surface area contributed by atoms with Gasteiger partial charge in [0.1, 0.15) is 5.75 Å². The summed E-state index contributed by atoms with van der Waals surface area (Å²) < 4.78 is 5.22. The number of aromatic amines is 1. The fraction of sp³-hybridized carbons (Fsp3) is 0.286. The molecule has 1 amide bonds. The van der Waals surface area contributed by atoms with Gasteiger partial charge in [0.25, 0.3) is 5.91 Å². The minimum atomic E-state index is 0.0748. The quantitative estimate of drug-likeness (QED) is 0.718. The highest BCUT2D eigenvalue weighted by molar-refractivity contribution is 6.31. The maximum absolute atomic E-state index is 12.7. The highest BCUT2D eigenvalue weighted by Crippen LogP contribution is 2.31. The van der Waals surface area contributed by atoms with Crippen molar-refractivity contribution in [2.24, 2.45) is 0 Å². The largest absolute Gasteiger partial charge is 0.497 e. The number of ether oxygens (including phenoxy) is 1. The van der Waals surface area contributed by atoms with Gasteiger partial charge in [-0.25, -0.2) is 0 Å². The van der Waals surface area contributed by atoms with E-state index in [-0.39, 0.29) is 5.91 Å². The van der Waals surface area contributed by atoms with Gasteiger partial charge in [-0.05, 0) is 55.3 Å². The number of H-pyrrole nitrogens is 1. The molecule has 2 aromatic carbocycles. The van der Waals surface area contributed by atoms with Crippen molar-refractivity contribution in [3.05, 3.63) is 64.8 Å². The van der Waals surface area contributed by atoms with Gasteiger partial charge in [0.2, 0.25) is 0 Å². The van der Waals surface area contributed by atoms with Crippen LogP contribution in [0.5, 0.6) is 5.75 Å². The molecule has 0 radical (unpaired) electrons. The molecular formula is C21H21ClN2O2. The number of nitrogens with one attached hydrogen (secondary N) is 1. The molecule has 26 heavy (non-hydrogen) atoms. The molecule has 5 heteroatoms. The van der Waals surface area contributed by atoms with E-state index in [9.17, 15) is 4.79 Å². The van der Waals surface area contributed by atoms with Crippen molar-refractivity contribution < 1.29 is 9.53 Å². The molecule has 1 N–H and O–H groups in total. The van der Waals surface area contributed by atoms with E-state index in [0.717, 1.165) is 41.9 Å². The van der Waals surface area contributed by atoms with Crippen LogP contribution in [0.1, 0.15) is 34.8 Å². The van der Waals surface area contributed by atoms with Crippen LogP contribution in [0.2, 0.25) is 5.02 Å². The summed E-state index contributed by atoms with van der Waals surface area (Å²) >= 11 is 6.08. The van der Waals surface area contributed by atoms with Crippen LogP contribution in [0.15, 0.2) is 48.5 Å². The van der Waals surface area contributed by atoms with Gasteiger partial charge in [-0.3, -0.25) is 4.79 Å². The summed E-state index contributed by atoms with van der Waals surface area (Å²) in [4.78, 5) is 18.2. The molecule has 4 nitrogen and oxygen atoms in total. The van der Waals surface area contributed by atoms with Crippen LogP contribution in [-0.4, -0.2) is 36.0 Å². The Labute approximate surface area is 157 Å². The number of hydrogen-bond acceptors (Lipinski definition) is 2. The molecule has 134 valence electrons. The Hall–Kier alpha value is -2.46. The smallest absolute Gasteiger partial charge is 0.253 e. The number of methoxy groups -OCH3 is 1. The van der Waals surface area contributed by atoms with Crippen molar-refractivity contribution in [1.82, 2.24) is 9.88 Å². The van der Waals surface area contributed by atoms with E-state index < -0.39 is 0 Å². The predicted octanol–water partition coefficient (Wildman–Crippen LogP) is 4.85. The second-order valence-electron chi connectivity index (χ2n) is 6.75. The van der Waals surface area contributed by atoms with Crippen LogP contribution >= 0.6 is 11.6 Å². The standard InChI is InChI=1S/C21H21ClN2O2/c1-26-18-4-2-3-15(12-18)21(25)24-9-7-14(8-10-24)20-13-16-11-17(22)5-6-19(16)23-20/h2-6,11-14,23H,7-10H2,1H3. The third-order valence-corrected chi connectivity index (χ3v) is 5.38. The monoisotopic (exact) mass is 368 g/mol. The van der Waals surface area contributed by atoms with Gasteiger partial charge in [0.05, 0.1) is 7.11 Å². The second-order valence-corrected chi connectivity index (χ2v) is 7.19. The zero-order valence-electron chi connectivity index (χ0n) is 14.7. The first kappa shape index (κ1) is 17.0. The van der Waals surface area contributed by atoms with E-state index in [2.05, 4.69) is 11.1 Å². The van der Waals surface area contributed by atoms with Crippen molar-refractivity contribution in [1.29, 1.82) is 0 Å². The van der Waals surface area contributed by atoms with Crippen molar-refractivity contribution in [3.63, 3.8) is 0 Å². The third-order valence-electron chi connectivity index (χ3n) is 5.14. The first-order valence-corrected chi connectivity index (χ1v) is 9.23. The molecule has 0 bridgehead atoms. The number of carbonyl (C=O) groups is 1. The average Bonchev–Trinajstić information content (AvgIpc) is 3.10. The molecule has 2 heterocycles. The summed E-state index contributed by atoms with van der Waals surface area (Å²) in [5.41, 5.74) is 3.03. The van der Waals surface area contributed by atoms with Gasteiger partial charge in [-0.2, -0.15) is 0 Å². The zero-order chi connectivity index (χ0) is 18.1. The summed E-state index contributed by atoms with van der Waals surface area (Å²) in [6.45, 7) is 1.52. The Morgan fingerprint density at radius 1 is 1.15 bits per heavy atom. The van der Waals surface area contributed by atoms with Gasteiger partial charge < -0.3 is 14.6 Å². The molecule has 1 saturated heterocycles. The number of rotatable bonds is 3. The number of nitrogens with zero attached hydrogens (tertiary/aromatic N) is 1. The Morgan fingerprint density at radius 2 is 1.96 bits per heavy atom. The van der Waals surface area contributed by atoms with Gasteiger partial charge in [0.15, 0.2) is 0 Å². The molecule has 1 aliphatic heterocycles. The molecule has 0 spiro atoms. The van der Waals surface area contributed by atoms with E-state index in [1.54, 1.807) is 13.2 Å². The lowest BCUT2D eigenvalue weighted by Crippen LogP contribution is -2.38. The maximum Gasteiger partial charge on any atom is 0.253 e. The van der Waals surface area contributed by atoms with Gasteiger partial charge in [-0.1, -0.05) is 17.7 Å². The Bertz CT molecular complexity index is 942. The highest BCUT2D eigenvalue weighted by atomic mass is 35.5. The van der Waals surface area contributed by atoms with Crippen LogP contribution in [-0.2, 0) is 0 Å². The Morgan fingerprint density at radius 3 is 2.73 bits per heavy atom. The molecule has 1 aliphatic rings. The Kier molecular flexibility index (Phi) is 4.60. The number of likely N-dealkylation sites (tertiary alicyclic amines) is 1. The van der Waals surface area contributed by atoms with Gasteiger partial charge >= 0.3 is 0 Å². The topological polar surface area (TPSA) is 45.3 Å². The van der Waals surface area contributed by atoms with E-state index >= 15 is 0 Å². The second kappa shape index (κ2) is 7.04. The van der Waals surface area contributed by atoms with Crippen LogP contribution in [0.25, 0.3) is 10.9 Å². The van der Waals surface area contributed by atoms with E-state index in [1.165, 1.54) is 5.69 Å². The first-order valence-electron chi connectivity index (χ1n) is 8.85. The summed E-state index contributed by atoms with van der Waals surface area (Å²) in [6, 6.07) is 15.4. The van der Waals surface area contributed by atoms with Gasteiger partial charge in [0, 0.05) is 46.2 Å². The molecule has 1 fully saturated rings. The van der Waals surface area contributed by atoms with Crippen LogP contribution in [0, 0.1) is 0 Å². The number of benzene rings is 2. The van der Waals surface area contributed by atoms with Crippen molar-refractivity contribution in [3.8, 4) is 5.75 Å². The fourth-order valence-electron chi connectivity index (χ4n) is 3.68. The van der Waals surface area contributed by atoms with Crippen LogP contribution in [0.3, 0.4) is 0 Å². The Balaban J connectivity index is 1.45. The van der Waals surface area contributed by atoms with E-state index in [1.807, 2.05) is 41.3 Å². The van der Waals surface area contributed by atoms with Crippen LogP contribution < -0.4 is 4.74 Å². The predicted molar refractivity (Wildman–Crippen MR) is 104 cm³/mol. The minimum Gasteiger partial charge on any atom is -0.497 e. The van der Waals surface area contributed by atoms with E-state index in [0.29, 0.717) is 17.2 Å². The minimum absolute atomic E-state index is 0.0748. The normalized spacial score (nSPS) is 15.4. The van der Waals surface area contributed by atoms with Crippen molar-refractivity contribution >= 4 is 28.4 Å². The SMILES string of the molecule is COc1cccc(C(=O)N2CCC(c3cc4cc(Cl)ccc4[nH]3)CC2)c1. The van der Waals surface area contributed by atoms with Crippen molar-refractivity contribution in [2.75, 3.05) is 20.2 Å². The highest BCUT2D eigenvalue weighted by Gasteiger charge is 2.25. The molecule has 0 saturated carbocycles. The molecule has 0 aliphatic carbocycles. The van der Waals surface area contributed by atoms with Crippen LogP contribution in [0.4, 0.5) is 0 Å². The van der Waals surface area contributed by atoms with Gasteiger partial charge in [-0.15, -0.1) is 0 Å². The number of amides is 1. The third kappa shape index (κ3) is 3.29. The van der Waals surface area contributed by atoms with Crippen molar-refractivity contribution in [2.45, 2.75) is 18.8 Å². The number of fused-ring (bicyclic) bond motifs is 1. The molecule has 0 atom stereocenters. The summed E-state index contributed by atoms with van der Waals surface area (Å²) in [5, 5.41) is 1.89. The number of piperidine rings is 1. The fourth-order valence-corrected chi connectivity index (χ4v) is 3.86. The average molecular weight is 369 g/mol. The van der Waals surface area contributed by atoms with E-state index in [4.69, 9.17) is 16.3 Å². The maximum atomic E-state index is 12.7. The molecule has 0 unspecified atom stereocenters. The summed E-state index contributed by atoms with van der Waals surface area (Å²) in [7, 11) is 1.61. The molecular weight excluding hydrogens is 348 g/mol. The zero-order valence-corrected chi connectivity index (χ0v) is 15.4.